The topological polar surface area (TPSA) is 133 Å². The second-order valence-electron chi connectivity index (χ2n) is 6.53. The van der Waals surface area contributed by atoms with Crippen LogP contribution in [0.25, 0.3) is 28.0 Å². The number of carbonyl (C=O) groups excluding carboxylic acids is 1. The van der Waals surface area contributed by atoms with Crippen LogP contribution in [-0.2, 0) is 0 Å². The van der Waals surface area contributed by atoms with Gasteiger partial charge in [-0.1, -0.05) is 6.07 Å². The normalized spacial score (nSPS) is 11.4. The Morgan fingerprint density at radius 1 is 1.07 bits per heavy atom. The summed E-state index contributed by atoms with van der Waals surface area (Å²) in [5.41, 5.74) is 16.7. The van der Waals surface area contributed by atoms with E-state index < -0.39 is 5.91 Å². The van der Waals surface area contributed by atoms with Crippen molar-refractivity contribution in [3.05, 3.63) is 46.6 Å². The van der Waals surface area contributed by atoms with Gasteiger partial charge in [0, 0.05) is 11.8 Å². The van der Waals surface area contributed by atoms with Crippen molar-refractivity contribution in [3.63, 3.8) is 0 Å². The van der Waals surface area contributed by atoms with E-state index >= 15 is 0 Å². The van der Waals surface area contributed by atoms with E-state index in [0.717, 1.165) is 11.1 Å². The lowest BCUT2D eigenvalue weighted by Crippen LogP contribution is -2.14. The molecule has 1 amide bonds. The summed E-state index contributed by atoms with van der Waals surface area (Å²) in [5.74, 6) is -0.459. The minimum atomic E-state index is -0.701. The number of nitrogens with zero attached hydrogens (tertiary/aromatic N) is 4. The largest absolute Gasteiger partial charge is 0.508 e. The molecule has 0 saturated carbocycles. The SMILES string of the molecule is Cc1ccc(O)c(C)c1-n1c(N)c(C(N)=O)c2nc3nccc(C)c3nc21. The first-order chi connectivity index (χ1) is 12.8. The second-order valence-corrected chi connectivity index (χ2v) is 6.53. The zero-order valence-corrected chi connectivity index (χ0v) is 15.1. The summed E-state index contributed by atoms with van der Waals surface area (Å²) in [5, 5.41) is 10.2. The van der Waals surface area contributed by atoms with E-state index in [0.29, 0.717) is 28.1 Å². The van der Waals surface area contributed by atoms with Crippen LogP contribution in [0.15, 0.2) is 24.4 Å². The lowest BCUT2D eigenvalue weighted by atomic mass is 10.1. The van der Waals surface area contributed by atoms with Crippen LogP contribution in [0.5, 0.6) is 5.75 Å². The van der Waals surface area contributed by atoms with E-state index in [1.165, 1.54) is 0 Å². The predicted octanol–water partition coefficient (Wildman–Crippen LogP) is 2.28. The van der Waals surface area contributed by atoms with Crippen molar-refractivity contribution in [3.8, 4) is 11.4 Å². The Morgan fingerprint density at radius 3 is 2.52 bits per heavy atom. The molecule has 0 aliphatic carbocycles. The molecule has 136 valence electrons. The van der Waals surface area contributed by atoms with Crippen molar-refractivity contribution in [2.75, 3.05) is 5.73 Å². The van der Waals surface area contributed by atoms with Crippen LogP contribution >= 0.6 is 0 Å². The maximum Gasteiger partial charge on any atom is 0.254 e. The number of aromatic nitrogens is 4. The number of aryl methyl sites for hydroxylation is 2. The smallest absolute Gasteiger partial charge is 0.254 e. The molecule has 4 rings (SSSR count). The third-order valence-corrected chi connectivity index (χ3v) is 4.77. The Balaban J connectivity index is 2.25. The highest BCUT2D eigenvalue weighted by Crippen LogP contribution is 2.35. The van der Waals surface area contributed by atoms with Crippen molar-refractivity contribution in [2.45, 2.75) is 20.8 Å². The van der Waals surface area contributed by atoms with Gasteiger partial charge in [-0.2, -0.15) is 0 Å². The molecule has 27 heavy (non-hydrogen) atoms. The maximum atomic E-state index is 12.1. The van der Waals surface area contributed by atoms with Crippen molar-refractivity contribution in [2.24, 2.45) is 5.73 Å². The monoisotopic (exact) mass is 362 g/mol. The van der Waals surface area contributed by atoms with Gasteiger partial charge in [-0.25, -0.2) is 15.0 Å². The fourth-order valence-electron chi connectivity index (χ4n) is 3.38. The molecule has 3 heterocycles. The van der Waals surface area contributed by atoms with Gasteiger partial charge in [0.1, 0.15) is 28.2 Å². The lowest BCUT2D eigenvalue weighted by Gasteiger charge is -2.15. The van der Waals surface area contributed by atoms with Crippen LogP contribution in [0.4, 0.5) is 5.82 Å². The Bertz CT molecular complexity index is 1260. The highest BCUT2D eigenvalue weighted by molar-refractivity contribution is 6.10. The molecule has 5 N–H and O–H groups in total. The van der Waals surface area contributed by atoms with E-state index in [1.807, 2.05) is 19.9 Å². The summed E-state index contributed by atoms with van der Waals surface area (Å²) in [6.45, 7) is 5.56. The van der Waals surface area contributed by atoms with Crippen molar-refractivity contribution in [1.29, 1.82) is 0 Å². The molecule has 4 aromatic rings. The summed E-state index contributed by atoms with van der Waals surface area (Å²) in [7, 11) is 0. The van der Waals surface area contributed by atoms with Crippen molar-refractivity contribution in [1.82, 2.24) is 19.5 Å². The molecule has 0 radical (unpaired) electrons. The molecule has 0 bridgehead atoms. The van der Waals surface area contributed by atoms with Crippen LogP contribution in [0.3, 0.4) is 0 Å². The fraction of sp³-hybridized carbons (Fsp3) is 0.158. The molecular formula is C19H18N6O2. The first kappa shape index (κ1) is 16.8. The van der Waals surface area contributed by atoms with Gasteiger partial charge >= 0.3 is 0 Å². The summed E-state index contributed by atoms with van der Waals surface area (Å²) in [6.07, 6.45) is 1.63. The molecule has 0 saturated heterocycles. The van der Waals surface area contributed by atoms with Gasteiger partial charge in [-0.3, -0.25) is 9.36 Å². The van der Waals surface area contributed by atoms with Gasteiger partial charge < -0.3 is 16.6 Å². The minimum Gasteiger partial charge on any atom is -0.508 e. The average Bonchev–Trinajstić information content (AvgIpc) is 2.89. The fourth-order valence-corrected chi connectivity index (χ4v) is 3.38. The number of amides is 1. The Kier molecular flexibility index (Phi) is 3.52. The second kappa shape index (κ2) is 5.66. The zero-order chi connectivity index (χ0) is 19.5. The number of aromatic hydroxyl groups is 1. The molecule has 0 spiro atoms. The van der Waals surface area contributed by atoms with Crippen molar-refractivity contribution < 1.29 is 9.90 Å². The molecule has 0 fully saturated rings. The molecule has 0 aliphatic rings. The third kappa shape index (κ3) is 2.30. The lowest BCUT2D eigenvalue weighted by molar-refractivity contribution is 0.100. The van der Waals surface area contributed by atoms with Crippen LogP contribution in [0, 0.1) is 20.8 Å². The number of hydrogen-bond acceptors (Lipinski definition) is 6. The maximum absolute atomic E-state index is 12.1. The number of benzene rings is 1. The number of rotatable bonds is 2. The predicted molar refractivity (Wildman–Crippen MR) is 103 cm³/mol. The first-order valence-corrected chi connectivity index (χ1v) is 8.33. The van der Waals surface area contributed by atoms with E-state index in [-0.39, 0.29) is 22.6 Å². The molecule has 8 nitrogen and oxygen atoms in total. The van der Waals surface area contributed by atoms with Gasteiger partial charge in [0.15, 0.2) is 11.3 Å². The molecule has 8 heteroatoms. The quantitative estimate of drug-likeness (QED) is 0.501. The number of phenols is 1. The van der Waals surface area contributed by atoms with E-state index in [4.69, 9.17) is 16.5 Å². The number of hydrogen-bond donors (Lipinski definition) is 3. The first-order valence-electron chi connectivity index (χ1n) is 8.33. The number of nitrogens with two attached hydrogens (primary N) is 2. The Hall–Kier alpha value is -3.68. The van der Waals surface area contributed by atoms with Crippen LogP contribution in [-0.4, -0.2) is 30.5 Å². The van der Waals surface area contributed by atoms with Gasteiger partial charge in [-0.15, -0.1) is 0 Å². The van der Waals surface area contributed by atoms with Crippen LogP contribution in [0.1, 0.15) is 27.0 Å². The van der Waals surface area contributed by atoms with E-state index in [9.17, 15) is 9.90 Å². The number of carbonyl (C=O) groups is 1. The summed E-state index contributed by atoms with van der Waals surface area (Å²) >= 11 is 0. The molecule has 0 atom stereocenters. The van der Waals surface area contributed by atoms with Gasteiger partial charge in [0.2, 0.25) is 0 Å². The number of pyridine rings is 1. The van der Waals surface area contributed by atoms with Gasteiger partial charge in [0.25, 0.3) is 5.91 Å². The average molecular weight is 362 g/mol. The number of fused-ring (bicyclic) bond motifs is 2. The van der Waals surface area contributed by atoms with Crippen molar-refractivity contribution >= 4 is 34.1 Å². The number of phenolic OH excluding ortho intramolecular Hbond substituents is 1. The minimum absolute atomic E-state index is 0.0878. The number of anilines is 1. The van der Waals surface area contributed by atoms with Crippen LogP contribution in [0.2, 0.25) is 0 Å². The molecule has 3 aromatic heterocycles. The third-order valence-electron chi connectivity index (χ3n) is 4.77. The molecule has 1 aromatic carbocycles. The summed E-state index contributed by atoms with van der Waals surface area (Å²) in [4.78, 5) is 25.6. The van der Waals surface area contributed by atoms with E-state index in [1.54, 1.807) is 29.8 Å². The van der Waals surface area contributed by atoms with Crippen LogP contribution < -0.4 is 11.5 Å². The standard InChI is InChI=1S/C19H18N6O2/c1-8-6-7-22-18-13(8)24-19-14(23-18)12(17(21)27)16(20)25(19)15-9(2)4-5-11(26)10(15)3/h4-7,26H,20H2,1-3H3,(H2,21,27). The zero-order valence-electron chi connectivity index (χ0n) is 15.1. The summed E-state index contributed by atoms with van der Waals surface area (Å²) < 4.78 is 1.62. The number of nitrogen functional groups attached to an aromatic ring is 1. The molecule has 0 unspecified atom stereocenters. The Labute approximate surface area is 154 Å². The van der Waals surface area contributed by atoms with E-state index in [2.05, 4.69) is 9.97 Å². The highest BCUT2D eigenvalue weighted by Gasteiger charge is 2.25. The molecule has 0 aliphatic heterocycles. The highest BCUT2D eigenvalue weighted by atomic mass is 16.3. The van der Waals surface area contributed by atoms with Gasteiger partial charge in [0.05, 0.1) is 5.69 Å². The Morgan fingerprint density at radius 2 is 1.81 bits per heavy atom. The summed E-state index contributed by atoms with van der Waals surface area (Å²) in [6, 6.07) is 5.22. The molecular weight excluding hydrogens is 344 g/mol. The van der Waals surface area contributed by atoms with Gasteiger partial charge in [-0.05, 0) is 44.0 Å². The number of primary amides is 1.